The van der Waals surface area contributed by atoms with Crippen molar-refractivity contribution in [3.8, 4) is 0 Å². The Bertz CT molecular complexity index is 357. The van der Waals surface area contributed by atoms with Gasteiger partial charge in [-0.25, -0.2) is 0 Å². The van der Waals surface area contributed by atoms with Crippen LogP contribution in [0.5, 0.6) is 0 Å². The highest BCUT2D eigenvalue weighted by Crippen LogP contribution is 2.38. The molecule has 0 aliphatic heterocycles. The van der Waals surface area contributed by atoms with Gasteiger partial charge in [0.15, 0.2) is 0 Å². The van der Waals surface area contributed by atoms with Crippen LogP contribution >= 0.6 is 11.3 Å². The lowest BCUT2D eigenvalue weighted by Gasteiger charge is -2.39. The second-order valence-corrected chi connectivity index (χ2v) is 7.27. The van der Waals surface area contributed by atoms with Crippen LogP contribution in [0.15, 0.2) is 11.7 Å². The van der Waals surface area contributed by atoms with E-state index >= 15 is 0 Å². The molecule has 19 heavy (non-hydrogen) atoms. The minimum Gasteiger partial charge on any atom is -0.309 e. The number of nitrogens with one attached hydrogen (secondary N) is 1. The minimum atomic E-state index is 0.763. The van der Waals surface area contributed by atoms with Crippen LogP contribution in [0, 0.1) is 11.8 Å². The number of aromatic nitrogens is 1. The summed E-state index contributed by atoms with van der Waals surface area (Å²) in [6, 6.07) is 0.763. The van der Waals surface area contributed by atoms with Crippen molar-refractivity contribution in [2.24, 2.45) is 11.8 Å². The maximum Gasteiger partial charge on any atom is 0.0794 e. The second kappa shape index (κ2) is 6.85. The van der Waals surface area contributed by atoms with Gasteiger partial charge in [-0.15, -0.1) is 11.3 Å². The molecule has 1 aromatic heterocycles. The zero-order valence-electron chi connectivity index (χ0n) is 11.8. The van der Waals surface area contributed by atoms with E-state index in [0.29, 0.717) is 0 Å². The summed E-state index contributed by atoms with van der Waals surface area (Å²) in [6.07, 6.45) is 15.1. The van der Waals surface area contributed by atoms with Crippen LogP contribution < -0.4 is 5.32 Å². The molecule has 2 unspecified atom stereocenters. The highest BCUT2D eigenvalue weighted by molar-refractivity contribution is 7.09. The molecule has 0 spiro atoms. The lowest BCUT2D eigenvalue weighted by molar-refractivity contribution is 0.149. The quantitative estimate of drug-likeness (QED) is 0.884. The van der Waals surface area contributed by atoms with Gasteiger partial charge in [-0.05, 0) is 24.7 Å². The maximum atomic E-state index is 4.17. The highest BCUT2D eigenvalue weighted by Gasteiger charge is 2.32. The number of thiazole rings is 1. The van der Waals surface area contributed by atoms with Crippen LogP contribution in [0.25, 0.3) is 0 Å². The minimum absolute atomic E-state index is 0.763. The number of hydrogen-bond donors (Lipinski definition) is 1. The molecule has 3 rings (SSSR count). The number of nitrogens with zero attached hydrogens (tertiary/aromatic N) is 1. The van der Waals surface area contributed by atoms with Gasteiger partial charge in [0.1, 0.15) is 0 Å². The lowest BCUT2D eigenvalue weighted by atomic mass is 9.71. The van der Waals surface area contributed by atoms with E-state index in [4.69, 9.17) is 0 Å². The van der Waals surface area contributed by atoms with Gasteiger partial charge in [0, 0.05) is 23.7 Å². The summed E-state index contributed by atoms with van der Waals surface area (Å²) in [7, 11) is 0. The molecule has 0 bridgehead atoms. The van der Waals surface area contributed by atoms with Crippen LogP contribution in [0.1, 0.15) is 62.7 Å². The van der Waals surface area contributed by atoms with Gasteiger partial charge in [-0.1, -0.05) is 44.9 Å². The van der Waals surface area contributed by atoms with E-state index in [1.807, 2.05) is 11.7 Å². The molecule has 0 aromatic carbocycles. The Kier molecular flexibility index (Phi) is 4.89. The number of hydrogen-bond acceptors (Lipinski definition) is 3. The molecule has 3 heteroatoms. The molecule has 2 nitrogen and oxygen atoms in total. The molecule has 2 atom stereocenters. The van der Waals surface area contributed by atoms with E-state index in [1.165, 1.54) is 62.7 Å². The molecule has 1 N–H and O–H groups in total. The first-order chi connectivity index (χ1) is 9.43. The van der Waals surface area contributed by atoms with Gasteiger partial charge in [0.25, 0.3) is 0 Å². The molecule has 2 saturated carbocycles. The van der Waals surface area contributed by atoms with E-state index in [-0.39, 0.29) is 0 Å². The summed E-state index contributed by atoms with van der Waals surface area (Å²) in [5.74, 6) is 1.95. The molecule has 0 amide bonds. The summed E-state index contributed by atoms with van der Waals surface area (Å²) in [5, 5.41) is 3.84. The molecule has 2 aliphatic rings. The Hall–Kier alpha value is -0.410. The lowest BCUT2D eigenvalue weighted by Crippen LogP contribution is -2.42. The first kappa shape index (κ1) is 13.6. The van der Waals surface area contributed by atoms with Gasteiger partial charge in [-0.2, -0.15) is 0 Å². The second-order valence-electron chi connectivity index (χ2n) is 6.30. The van der Waals surface area contributed by atoms with Crippen LogP contribution in [0.3, 0.4) is 0 Å². The SMILES string of the molecule is c1ncc(CNC2CCCCC2C2CCCCC2)s1. The fraction of sp³-hybridized carbons (Fsp3) is 0.812. The Labute approximate surface area is 121 Å². The van der Waals surface area contributed by atoms with Crippen molar-refractivity contribution in [3.05, 3.63) is 16.6 Å². The molecule has 0 radical (unpaired) electrons. The van der Waals surface area contributed by atoms with Crippen LogP contribution in [0.4, 0.5) is 0 Å². The molecular weight excluding hydrogens is 252 g/mol. The van der Waals surface area contributed by atoms with E-state index in [2.05, 4.69) is 10.3 Å². The Morgan fingerprint density at radius 3 is 2.63 bits per heavy atom. The average Bonchev–Trinajstić information content (AvgIpc) is 3.00. The predicted octanol–water partition coefficient (Wildman–Crippen LogP) is 4.37. The molecule has 2 fully saturated rings. The Morgan fingerprint density at radius 1 is 1.05 bits per heavy atom. The highest BCUT2D eigenvalue weighted by atomic mass is 32.1. The Morgan fingerprint density at radius 2 is 1.84 bits per heavy atom. The summed E-state index contributed by atoms with van der Waals surface area (Å²) in [5.41, 5.74) is 1.94. The maximum absolute atomic E-state index is 4.17. The monoisotopic (exact) mass is 278 g/mol. The number of rotatable bonds is 4. The fourth-order valence-electron chi connectivity index (χ4n) is 4.10. The smallest absolute Gasteiger partial charge is 0.0794 e. The van der Waals surface area contributed by atoms with Gasteiger partial charge >= 0.3 is 0 Å². The first-order valence-electron chi connectivity index (χ1n) is 8.04. The van der Waals surface area contributed by atoms with Gasteiger partial charge in [0.2, 0.25) is 0 Å². The van der Waals surface area contributed by atoms with Crippen molar-refractivity contribution in [2.45, 2.75) is 70.4 Å². The summed E-state index contributed by atoms with van der Waals surface area (Å²) >= 11 is 1.77. The third-order valence-corrected chi connectivity index (χ3v) is 5.88. The van der Waals surface area contributed by atoms with E-state index < -0.39 is 0 Å². The Balaban J connectivity index is 1.56. The zero-order chi connectivity index (χ0) is 12.9. The average molecular weight is 278 g/mol. The van der Waals surface area contributed by atoms with Crippen LogP contribution in [-0.4, -0.2) is 11.0 Å². The van der Waals surface area contributed by atoms with Gasteiger partial charge in [0.05, 0.1) is 5.51 Å². The molecule has 1 heterocycles. The topological polar surface area (TPSA) is 24.9 Å². The summed E-state index contributed by atoms with van der Waals surface area (Å²) in [6.45, 7) is 1.03. The largest absolute Gasteiger partial charge is 0.309 e. The summed E-state index contributed by atoms with van der Waals surface area (Å²) in [4.78, 5) is 5.56. The van der Waals surface area contributed by atoms with Gasteiger partial charge in [-0.3, -0.25) is 4.98 Å². The molecule has 0 saturated heterocycles. The zero-order valence-corrected chi connectivity index (χ0v) is 12.6. The van der Waals surface area contributed by atoms with E-state index in [1.54, 1.807) is 11.3 Å². The standard InChI is InChI=1S/C16H26N2S/c1-2-6-13(7-3-1)15-8-4-5-9-16(15)18-11-14-10-17-12-19-14/h10,12-13,15-16,18H,1-9,11H2. The van der Waals surface area contributed by atoms with Crippen molar-refractivity contribution in [3.63, 3.8) is 0 Å². The molecule has 106 valence electrons. The van der Waals surface area contributed by atoms with Crippen molar-refractivity contribution >= 4 is 11.3 Å². The molecular formula is C16H26N2S. The summed E-state index contributed by atoms with van der Waals surface area (Å²) < 4.78 is 0. The predicted molar refractivity (Wildman–Crippen MR) is 81.3 cm³/mol. The normalized spacial score (nSPS) is 29.5. The van der Waals surface area contributed by atoms with E-state index in [9.17, 15) is 0 Å². The van der Waals surface area contributed by atoms with Crippen molar-refractivity contribution in [1.29, 1.82) is 0 Å². The van der Waals surface area contributed by atoms with Crippen molar-refractivity contribution < 1.29 is 0 Å². The van der Waals surface area contributed by atoms with E-state index in [0.717, 1.165) is 24.4 Å². The third kappa shape index (κ3) is 3.57. The third-order valence-electron chi connectivity index (χ3n) is 5.10. The fourth-order valence-corrected chi connectivity index (χ4v) is 4.65. The van der Waals surface area contributed by atoms with Gasteiger partial charge < -0.3 is 5.32 Å². The molecule has 2 aliphatic carbocycles. The van der Waals surface area contributed by atoms with Crippen molar-refractivity contribution in [2.75, 3.05) is 0 Å². The van der Waals surface area contributed by atoms with Crippen molar-refractivity contribution in [1.82, 2.24) is 10.3 Å². The van der Waals surface area contributed by atoms with Crippen LogP contribution in [-0.2, 0) is 6.54 Å². The molecule has 1 aromatic rings. The van der Waals surface area contributed by atoms with Crippen LogP contribution in [0.2, 0.25) is 0 Å². The first-order valence-corrected chi connectivity index (χ1v) is 8.92.